The summed E-state index contributed by atoms with van der Waals surface area (Å²) in [5.41, 5.74) is 0.280. The highest BCUT2D eigenvalue weighted by Crippen LogP contribution is 2.39. The molecule has 1 unspecified atom stereocenters. The lowest BCUT2D eigenvalue weighted by molar-refractivity contribution is -0.142. The first kappa shape index (κ1) is 20.1. The number of halogens is 4. The highest BCUT2D eigenvalue weighted by Gasteiger charge is 2.30. The average Bonchev–Trinajstić information content (AvgIpc) is 2.55. The zero-order valence-electron chi connectivity index (χ0n) is 13.9. The second-order valence-corrected chi connectivity index (χ2v) is 5.93. The minimum absolute atomic E-state index is 0.0686. The van der Waals surface area contributed by atoms with E-state index in [2.05, 4.69) is 0 Å². The minimum atomic E-state index is -4.45. The molecular formula is C18H16ClF3O4. The Morgan fingerprint density at radius 3 is 2.31 bits per heavy atom. The van der Waals surface area contributed by atoms with E-state index in [4.69, 9.17) is 21.1 Å². The van der Waals surface area contributed by atoms with E-state index >= 15 is 0 Å². The van der Waals surface area contributed by atoms with E-state index in [1.54, 1.807) is 0 Å². The highest BCUT2D eigenvalue weighted by molar-refractivity contribution is 6.31. The van der Waals surface area contributed by atoms with Crippen LogP contribution in [0, 0.1) is 0 Å². The van der Waals surface area contributed by atoms with Crippen LogP contribution in [-0.4, -0.2) is 18.2 Å². The number of carbonyl (C=O) groups is 1. The highest BCUT2D eigenvalue weighted by atomic mass is 35.5. The van der Waals surface area contributed by atoms with Crippen molar-refractivity contribution in [2.75, 3.05) is 7.11 Å². The summed E-state index contributed by atoms with van der Waals surface area (Å²) in [5, 5.41) is 10.4. The molecule has 0 aliphatic rings. The van der Waals surface area contributed by atoms with E-state index < -0.39 is 23.8 Å². The summed E-state index contributed by atoms with van der Waals surface area (Å²) < 4.78 is 48.3. The van der Waals surface area contributed by atoms with Crippen LogP contribution in [0.15, 0.2) is 36.4 Å². The summed E-state index contributed by atoms with van der Waals surface area (Å²) >= 11 is 6.22. The van der Waals surface area contributed by atoms with Crippen molar-refractivity contribution in [3.05, 3.63) is 63.7 Å². The minimum Gasteiger partial charge on any atom is -0.507 e. The van der Waals surface area contributed by atoms with Crippen LogP contribution in [0.1, 0.15) is 35.3 Å². The zero-order chi connectivity index (χ0) is 19.5. The summed E-state index contributed by atoms with van der Waals surface area (Å²) in [5.74, 6) is -0.699. The Hall–Kier alpha value is -2.25. The maximum Gasteiger partial charge on any atom is 0.416 e. The molecule has 0 bridgehead atoms. The van der Waals surface area contributed by atoms with Gasteiger partial charge in [0.05, 0.1) is 10.6 Å². The van der Waals surface area contributed by atoms with Gasteiger partial charge in [0, 0.05) is 19.6 Å². The molecule has 0 radical (unpaired) electrons. The lowest BCUT2D eigenvalue weighted by atomic mass is 9.98. The number of hydrogen-bond acceptors (Lipinski definition) is 4. The molecule has 0 saturated heterocycles. The van der Waals surface area contributed by atoms with E-state index in [1.807, 2.05) is 0 Å². The van der Waals surface area contributed by atoms with Crippen molar-refractivity contribution in [1.82, 2.24) is 0 Å². The third kappa shape index (κ3) is 4.68. The van der Waals surface area contributed by atoms with Gasteiger partial charge in [0.15, 0.2) is 0 Å². The largest absolute Gasteiger partial charge is 0.507 e. The number of ether oxygens (including phenoxy) is 2. The maximum absolute atomic E-state index is 12.7. The molecule has 8 heteroatoms. The van der Waals surface area contributed by atoms with Crippen molar-refractivity contribution >= 4 is 17.6 Å². The molecule has 1 atom stereocenters. The van der Waals surface area contributed by atoms with Gasteiger partial charge in [-0.15, -0.1) is 0 Å². The molecule has 0 saturated carbocycles. The fraction of sp³-hybridized carbons (Fsp3) is 0.278. The van der Waals surface area contributed by atoms with Gasteiger partial charge < -0.3 is 14.6 Å². The second-order valence-electron chi connectivity index (χ2n) is 5.53. The predicted molar refractivity (Wildman–Crippen MR) is 88.9 cm³/mol. The van der Waals surface area contributed by atoms with Gasteiger partial charge in [-0.1, -0.05) is 23.7 Å². The summed E-state index contributed by atoms with van der Waals surface area (Å²) in [4.78, 5) is 10.9. The lowest BCUT2D eigenvalue weighted by Gasteiger charge is -2.20. The van der Waals surface area contributed by atoms with Crippen molar-refractivity contribution < 1.29 is 32.5 Å². The van der Waals surface area contributed by atoms with E-state index in [0.29, 0.717) is 11.1 Å². The molecule has 2 rings (SSSR count). The Morgan fingerprint density at radius 1 is 1.23 bits per heavy atom. The van der Waals surface area contributed by atoms with Crippen LogP contribution in [0.3, 0.4) is 0 Å². The van der Waals surface area contributed by atoms with Crippen LogP contribution in [0.5, 0.6) is 5.75 Å². The number of benzene rings is 2. The third-order valence-electron chi connectivity index (χ3n) is 3.65. The quantitative estimate of drug-likeness (QED) is 0.743. The summed E-state index contributed by atoms with van der Waals surface area (Å²) in [6.07, 6.45) is -5.31. The molecule has 0 heterocycles. The van der Waals surface area contributed by atoms with Crippen LogP contribution >= 0.6 is 11.6 Å². The number of hydrogen-bond donors (Lipinski definition) is 1. The SMILES string of the molecule is COC(c1ccc(C(F)(F)F)cc1)c1c(O)cc(COC(C)=O)cc1Cl. The van der Waals surface area contributed by atoms with Gasteiger partial charge in [-0.05, 0) is 35.4 Å². The van der Waals surface area contributed by atoms with E-state index in [9.17, 15) is 23.1 Å². The number of alkyl halides is 3. The number of phenols is 1. The molecule has 1 N–H and O–H groups in total. The Labute approximate surface area is 153 Å². The number of esters is 1. The van der Waals surface area contributed by atoms with Crippen LogP contribution in [-0.2, 0) is 27.1 Å². The monoisotopic (exact) mass is 388 g/mol. The number of rotatable bonds is 5. The Bertz CT molecular complexity index is 765. The zero-order valence-corrected chi connectivity index (χ0v) is 14.7. The van der Waals surface area contributed by atoms with Gasteiger partial charge in [-0.2, -0.15) is 13.2 Å². The summed E-state index contributed by atoms with van der Waals surface area (Å²) in [7, 11) is 1.35. The van der Waals surface area contributed by atoms with Gasteiger partial charge >= 0.3 is 12.1 Å². The Kier molecular flexibility index (Phi) is 6.15. The summed E-state index contributed by atoms with van der Waals surface area (Å²) in [6.45, 7) is 1.18. The number of methoxy groups -OCH3 is 1. The van der Waals surface area contributed by atoms with E-state index in [1.165, 1.54) is 38.3 Å². The molecule has 0 fully saturated rings. The van der Waals surface area contributed by atoms with Gasteiger partial charge in [0.1, 0.15) is 18.5 Å². The molecule has 140 valence electrons. The van der Waals surface area contributed by atoms with Gasteiger partial charge in [-0.3, -0.25) is 4.79 Å². The third-order valence-corrected chi connectivity index (χ3v) is 3.96. The van der Waals surface area contributed by atoms with Crippen molar-refractivity contribution in [2.45, 2.75) is 25.8 Å². The van der Waals surface area contributed by atoms with Crippen molar-refractivity contribution in [3.8, 4) is 5.75 Å². The van der Waals surface area contributed by atoms with Crippen molar-refractivity contribution in [1.29, 1.82) is 0 Å². The van der Waals surface area contributed by atoms with E-state index in [-0.39, 0.29) is 22.9 Å². The van der Waals surface area contributed by atoms with Crippen LogP contribution < -0.4 is 0 Å². The first-order valence-corrected chi connectivity index (χ1v) is 7.86. The topological polar surface area (TPSA) is 55.8 Å². The molecule has 2 aromatic rings. The smallest absolute Gasteiger partial charge is 0.416 e. The van der Waals surface area contributed by atoms with Crippen molar-refractivity contribution in [2.24, 2.45) is 0 Å². The molecule has 0 spiro atoms. The molecule has 0 aliphatic carbocycles. The lowest BCUT2D eigenvalue weighted by Crippen LogP contribution is -2.08. The molecule has 0 aliphatic heterocycles. The average molecular weight is 389 g/mol. The van der Waals surface area contributed by atoms with Gasteiger partial charge in [0.2, 0.25) is 0 Å². The van der Waals surface area contributed by atoms with E-state index in [0.717, 1.165) is 12.1 Å². The van der Waals surface area contributed by atoms with Crippen LogP contribution in [0.25, 0.3) is 0 Å². The first-order valence-electron chi connectivity index (χ1n) is 7.48. The van der Waals surface area contributed by atoms with Crippen LogP contribution in [0.4, 0.5) is 13.2 Å². The second kappa shape index (κ2) is 7.97. The molecule has 26 heavy (non-hydrogen) atoms. The molecule has 0 amide bonds. The van der Waals surface area contributed by atoms with Gasteiger partial charge in [0.25, 0.3) is 0 Å². The molecule has 2 aromatic carbocycles. The first-order chi connectivity index (χ1) is 12.1. The Morgan fingerprint density at radius 2 is 1.85 bits per heavy atom. The number of carbonyl (C=O) groups excluding carboxylic acids is 1. The van der Waals surface area contributed by atoms with Crippen molar-refractivity contribution in [3.63, 3.8) is 0 Å². The predicted octanol–water partition coefficient (Wildman–Crippen LogP) is 4.86. The number of aromatic hydroxyl groups is 1. The standard InChI is InChI=1S/C18H16ClF3O4/c1-10(23)26-9-11-7-14(19)16(15(24)8-11)17(25-2)12-3-5-13(6-4-12)18(20,21)22/h3-8,17,24H,9H2,1-2H3. The van der Waals surface area contributed by atoms with Gasteiger partial charge in [-0.25, -0.2) is 0 Å². The Balaban J connectivity index is 2.36. The van der Waals surface area contributed by atoms with Crippen LogP contribution in [0.2, 0.25) is 5.02 Å². The number of phenolic OH excluding ortho intramolecular Hbond substituents is 1. The normalized spacial score (nSPS) is 12.7. The summed E-state index contributed by atoms with van der Waals surface area (Å²) in [6, 6.07) is 7.25. The maximum atomic E-state index is 12.7. The molecule has 0 aromatic heterocycles. The fourth-order valence-electron chi connectivity index (χ4n) is 2.45. The molecule has 4 nitrogen and oxygen atoms in total. The fourth-order valence-corrected chi connectivity index (χ4v) is 2.79. The molecular weight excluding hydrogens is 373 g/mol.